The number of carbonyl (C=O) groups is 1. The zero-order chi connectivity index (χ0) is 21.8. The van der Waals surface area contributed by atoms with Crippen LogP contribution in [0.25, 0.3) is 0 Å². The highest BCUT2D eigenvalue weighted by atomic mass is 16.6. The lowest BCUT2D eigenvalue weighted by molar-refractivity contribution is -0.383. The van der Waals surface area contributed by atoms with E-state index in [1.165, 1.54) is 6.33 Å². The molecule has 4 rings (SSSR count). The fraction of sp³-hybridized carbons (Fsp3) is 0.476. The molecule has 0 spiro atoms. The summed E-state index contributed by atoms with van der Waals surface area (Å²) in [6, 6.07) is 5.90. The molecule has 1 aromatic carbocycles. The fourth-order valence-corrected chi connectivity index (χ4v) is 4.02. The number of hydrogen-bond donors (Lipinski definition) is 1. The lowest BCUT2D eigenvalue weighted by Gasteiger charge is -2.31. The molecule has 1 saturated heterocycles. The minimum atomic E-state index is -0.453. The molecule has 10 nitrogen and oxygen atoms in total. The summed E-state index contributed by atoms with van der Waals surface area (Å²) in [5.41, 5.74) is 1.98. The predicted octanol–water partition coefficient (Wildman–Crippen LogP) is 2.71. The van der Waals surface area contributed by atoms with E-state index in [2.05, 4.69) is 15.3 Å². The first-order chi connectivity index (χ1) is 15.1. The van der Waals surface area contributed by atoms with Crippen LogP contribution in [0.5, 0.6) is 5.75 Å². The minimum Gasteiger partial charge on any atom is -0.493 e. The van der Waals surface area contributed by atoms with Crippen LogP contribution in [-0.2, 0) is 22.5 Å². The lowest BCUT2D eigenvalue weighted by atomic mass is 9.97. The van der Waals surface area contributed by atoms with Crippen molar-refractivity contribution in [2.24, 2.45) is 5.92 Å². The van der Waals surface area contributed by atoms with Gasteiger partial charge in [0.15, 0.2) is 0 Å². The second-order valence-electron chi connectivity index (χ2n) is 7.56. The van der Waals surface area contributed by atoms with Gasteiger partial charge in [-0.25, -0.2) is 9.97 Å². The number of hydrogen-bond acceptors (Lipinski definition) is 9. The molecule has 1 aromatic heterocycles. The largest absolute Gasteiger partial charge is 0.493 e. The van der Waals surface area contributed by atoms with Gasteiger partial charge in [-0.05, 0) is 37.0 Å². The second-order valence-corrected chi connectivity index (χ2v) is 7.56. The maximum absolute atomic E-state index is 12.0. The quantitative estimate of drug-likeness (QED) is 0.404. The van der Waals surface area contributed by atoms with E-state index in [0.717, 1.165) is 23.3 Å². The van der Waals surface area contributed by atoms with Crippen LogP contribution in [0.4, 0.5) is 17.3 Å². The number of piperidine rings is 1. The number of anilines is 2. The van der Waals surface area contributed by atoms with Gasteiger partial charge in [0.05, 0.1) is 24.1 Å². The van der Waals surface area contributed by atoms with Gasteiger partial charge in [0.25, 0.3) is 0 Å². The van der Waals surface area contributed by atoms with E-state index in [4.69, 9.17) is 9.47 Å². The number of nitrogens with one attached hydrogen (secondary N) is 1. The van der Waals surface area contributed by atoms with E-state index >= 15 is 0 Å². The third-order valence-electron chi connectivity index (χ3n) is 5.61. The molecule has 1 N–H and O–H groups in total. The predicted molar refractivity (Wildman–Crippen MR) is 113 cm³/mol. The van der Waals surface area contributed by atoms with Crippen molar-refractivity contribution in [2.75, 3.05) is 36.5 Å². The van der Waals surface area contributed by atoms with Crippen LogP contribution in [0.1, 0.15) is 30.9 Å². The van der Waals surface area contributed by atoms with Crippen molar-refractivity contribution in [2.45, 2.75) is 32.7 Å². The molecule has 0 aliphatic carbocycles. The smallest absolute Gasteiger partial charge is 0.353 e. The molecule has 2 aliphatic rings. The molecule has 0 radical (unpaired) electrons. The van der Waals surface area contributed by atoms with Crippen LogP contribution in [0.3, 0.4) is 0 Å². The van der Waals surface area contributed by atoms with E-state index in [9.17, 15) is 14.9 Å². The molecule has 0 saturated carbocycles. The number of aromatic nitrogens is 2. The van der Waals surface area contributed by atoms with Crippen LogP contribution in [-0.4, -0.2) is 47.2 Å². The Labute approximate surface area is 179 Å². The molecule has 164 valence electrons. The van der Waals surface area contributed by atoms with Gasteiger partial charge < -0.3 is 19.7 Å². The van der Waals surface area contributed by atoms with Crippen LogP contribution in [0.2, 0.25) is 0 Å². The standard InChI is InChI=1S/C21H25N5O5/c1-2-30-21(27)15-5-8-25(9-6-15)20-18(26(28)29)19(23-13-24-20)22-12-14-3-4-17-16(11-14)7-10-31-17/h3-4,11,13,15H,2,5-10,12H2,1H3,(H,22,23,24). The van der Waals surface area contributed by atoms with Gasteiger partial charge in [0, 0.05) is 26.1 Å². The van der Waals surface area contributed by atoms with Gasteiger partial charge in [0.1, 0.15) is 12.1 Å². The molecule has 2 aromatic rings. The maximum Gasteiger partial charge on any atom is 0.353 e. The molecule has 0 amide bonds. The highest BCUT2D eigenvalue weighted by Crippen LogP contribution is 2.34. The highest BCUT2D eigenvalue weighted by molar-refractivity contribution is 5.74. The van der Waals surface area contributed by atoms with Gasteiger partial charge >= 0.3 is 11.7 Å². The van der Waals surface area contributed by atoms with Crippen molar-refractivity contribution >= 4 is 23.3 Å². The van der Waals surface area contributed by atoms with Gasteiger partial charge in [-0.15, -0.1) is 0 Å². The monoisotopic (exact) mass is 427 g/mol. The number of nitrogens with zero attached hydrogens (tertiary/aromatic N) is 4. The molecule has 0 atom stereocenters. The molecular weight excluding hydrogens is 402 g/mol. The van der Waals surface area contributed by atoms with Crippen LogP contribution < -0.4 is 15.0 Å². The van der Waals surface area contributed by atoms with Crippen LogP contribution in [0, 0.1) is 16.0 Å². The van der Waals surface area contributed by atoms with Gasteiger partial charge in [-0.2, -0.15) is 0 Å². The average molecular weight is 427 g/mol. The molecule has 0 unspecified atom stereocenters. The van der Waals surface area contributed by atoms with Crippen molar-refractivity contribution in [3.8, 4) is 5.75 Å². The topological polar surface area (TPSA) is 120 Å². The van der Waals surface area contributed by atoms with E-state index in [-0.39, 0.29) is 29.2 Å². The summed E-state index contributed by atoms with van der Waals surface area (Å²) in [4.78, 5) is 33.5. The molecule has 31 heavy (non-hydrogen) atoms. The normalized spacial score (nSPS) is 15.8. The van der Waals surface area contributed by atoms with E-state index in [1.807, 2.05) is 23.1 Å². The maximum atomic E-state index is 12.0. The van der Waals surface area contributed by atoms with Gasteiger partial charge in [-0.1, -0.05) is 12.1 Å². The summed E-state index contributed by atoms with van der Waals surface area (Å²) < 4.78 is 10.6. The van der Waals surface area contributed by atoms with Crippen molar-refractivity contribution in [1.29, 1.82) is 0 Å². The Morgan fingerprint density at radius 1 is 1.35 bits per heavy atom. The van der Waals surface area contributed by atoms with E-state index in [0.29, 0.717) is 45.7 Å². The van der Waals surface area contributed by atoms with Crippen LogP contribution >= 0.6 is 0 Å². The third-order valence-corrected chi connectivity index (χ3v) is 5.61. The van der Waals surface area contributed by atoms with Crippen LogP contribution in [0.15, 0.2) is 24.5 Å². The first-order valence-electron chi connectivity index (χ1n) is 10.5. The molecule has 3 heterocycles. The minimum absolute atomic E-state index is 0.151. The number of rotatable bonds is 7. The number of ether oxygens (including phenoxy) is 2. The number of benzene rings is 1. The van der Waals surface area contributed by atoms with Crippen molar-refractivity contribution in [3.05, 3.63) is 45.8 Å². The zero-order valence-corrected chi connectivity index (χ0v) is 17.4. The molecule has 2 aliphatic heterocycles. The Balaban J connectivity index is 1.48. The van der Waals surface area contributed by atoms with Crippen molar-refractivity contribution in [3.63, 3.8) is 0 Å². The average Bonchev–Trinajstić information content (AvgIpc) is 3.25. The van der Waals surface area contributed by atoms with E-state index < -0.39 is 4.92 Å². The van der Waals surface area contributed by atoms with E-state index in [1.54, 1.807) is 6.92 Å². The number of carbonyl (C=O) groups excluding carboxylic acids is 1. The fourth-order valence-electron chi connectivity index (χ4n) is 4.02. The first kappa shape index (κ1) is 20.8. The summed E-state index contributed by atoms with van der Waals surface area (Å²) in [6.45, 7) is 4.19. The highest BCUT2D eigenvalue weighted by Gasteiger charge is 2.32. The van der Waals surface area contributed by atoms with Gasteiger partial charge in [0.2, 0.25) is 11.6 Å². The number of nitro groups is 1. The Morgan fingerprint density at radius 3 is 2.90 bits per heavy atom. The Hall–Kier alpha value is -3.43. The Bertz CT molecular complexity index is 975. The molecule has 1 fully saturated rings. The van der Waals surface area contributed by atoms with Crippen molar-refractivity contribution < 1.29 is 19.2 Å². The van der Waals surface area contributed by atoms with Gasteiger partial charge in [-0.3, -0.25) is 14.9 Å². The Kier molecular flexibility index (Phi) is 6.15. The summed E-state index contributed by atoms with van der Waals surface area (Å²) in [6.07, 6.45) is 3.33. The Morgan fingerprint density at radius 2 is 2.16 bits per heavy atom. The summed E-state index contributed by atoms with van der Waals surface area (Å²) in [5.74, 6) is 0.955. The summed E-state index contributed by atoms with van der Waals surface area (Å²) in [5, 5.41) is 15.0. The molecule has 10 heteroatoms. The SMILES string of the molecule is CCOC(=O)C1CCN(c2ncnc(NCc3ccc4c(c3)CCO4)c2[N+](=O)[O-])CC1. The number of fused-ring (bicyclic) bond motifs is 1. The summed E-state index contributed by atoms with van der Waals surface area (Å²) in [7, 11) is 0. The molecular formula is C21H25N5O5. The molecule has 0 bridgehead atoms. The first-order valence-corrected chi connectivity index (χ1v) is 10.5. The second kappa shape index (κ2) is 9.15. The lowest BCUT2D eigenvalue weighted by Crippen LogP contribution is -2.37. The zero-order valence-electron chi connectivity index (χ0n) is 17.4. The summed E-state index contributed by atoms with van der Waals surface area (Å²) >= 11 is 0. The number of esters is 1. The van der Waals surface area contributed by atoms with Crippen molar-refractivity contribution in [1.82, 2.24) is 9.97 Å². The third kappa shape index (κ3) is 4.52.